The minimum Gasteiger partial charge on any atom is -0.461 e. The van der Waals surface area contributed by atoms with E-state index in [1.807, 2.05) is 17.5 Å². The molecule has 0 bridgehead atoms. The Kier molecular flexibility index (Phi) is 8.75. The number of ether oxygens (including phenoxy) is 1. The Morgan fingerprint density at radius 2 is 2.00 bits per heavy atom. The minimum atomic E-state index is -4.45. The van der Waals surface area contributed by atoms with Crippen LogP contribution in [0.3, 0.4) is 0 Å². The van der Waals surface area contributed by atoms with E-state index in [0.29, 0.717) is 18.9 Å². The molecule has 0 radical (unpaired) electrons. The zero-order valence-corrected chi connectivity index (χ0v) is 23.1. The van der Waals surface area contributed by atoms with Crippen molar-refractivity contribution in [3.63, 3.8) is 0 Å². The Hall–Kier alpha value is -2.98. The molecule has 1 N–H and O–H groups in total. The Morgan fingerprint density at radius 1 is 1.20 bits per heavy atom. The number of carbonyl (C=O) groups excluding carboxylic acids is 1. The molecule has 3 atom stereocenters. The van der Waals surface area contributed by atoms with E-state index in [1.54, 1.807) is 11.3 Å². The van der Waals surface area contributed by atoms with E-state index in [-0.39, 0.29) is 35.4 Å². The number of esters is 1. The smallest absolute Gasteiger partial charge is 0.416 e. The van der Waals surface area contributed by atoms with Crippen molar-refractivity contribution >= 4 is 17.3 Å². The van der Waals surface area contributed by atoms with E-state index in [0.717, 1.165) is 68.4 Å². The molecule has 2 saturated carbocycles. The van der Waals surface area contributed by atoms with Crippen LogP contribution in [0.1, 0.15) is 67.6 Å². The third kappa shape index (κ3) is 6.17. The van der Waals surface area contributed by atoms with Gasteiger partial charge in [-0.15, -0.1) is 17.9 Å². The van der Waals surface area contributed by atoms with Crippen LogP contribution in [-0.2, 0) is 27.7 Å². The van der Waals surface area contributed by atoms with Gasteiger partial charge in [-0.3, -0.25) is 4.79 Å². The quantitative estimate of drug-likeness (QED) is 0.119. The number of allylic oxidation sites excluding steroid dienone is 1. The summed E-state index contributed by atoms with van der Waals surface area (Å²) in [6, 6.07) is 8.90. The molecule has 2 aliphatic carbocycles. The van der Waals surface area contributed by atoms with Crippen molar-refractivity contribution in [2.24, 2.45) is 11.8 Å². The number of hydrogen-bond donors (Lipinski definition) is 1. The van der Waals surface area contributed by atoms with Crippen molar-refractivity contribution < 1.29 is 27.2 Å². The number of alkyl halides is 3. The van der Waals surface area contributed by atoms with E-state index < -0.39 is 17.2 Å². The molecule has 0 saturated heterocycles. The lowest BCUT2D eigenvalue weighted by molar-refractivity contribution is -0.169. The van der Waals surface area contributed by atoms with Crippen LogP contribution in [0.15, 0.2) is 59.0 Å². The topological polar surface area (TPSA) is 77.2 Å². The van der Waals surface area contributed by atoms with Gasteiger partial charge in [0, 0.05) is 16.4 Å². The molecule has 3 aromatic rings. The SMILES string of the molecule is C=CC1C[C@H](OC(=O)C2(c3cccs3)CCCCCC2)C1CCNCc1noc(-c2cccc(C(F)(F)F)c2)n1. The van der Waals surface area contributed by atoms with Crippen LogP contribution in [0.25, 0.3) is 11.5 Å². The van der Waals surface area contributed by atoms with Crippen molar-refractivity contribution in [3.8, 4) is 11.5 Å². The number of thiophene rings is 1. The number of aromatic nitrogens is 2. The highest BCUT2D eigenvalue weighted by Gasteiger charge is 2.47. The average Bonchev–Trinajstić information content (AvgIpc) is 3.59. The summed E-state index contributed by atoms with van der Waals surface area (Å²) in [5, 5.41) is 9.22. The molecule has 10 heteroatoms. The molecular weight excluding hydrogens is 539 g/mol. The highest BCUT2D eigenvalue weighted by Crippen LogP contribution is 2.45. The summed E-state index contributed by atoms with van der Waals surface area (Å²) in [6.45, 7) is 4.91. The van der Waals surface area contributed by atoms with Gasteiger partial charge in [0.25, 0.3) is 5.89 Å². The molecular formula is C30H34F3N3O3S. The maximum absolute atomic E-state index is 13.7. The third-order valence-electron chi connectivity index (χ3n) is 8.28. The Labute approximate surface area is 236 Å². The van der Waals surface area contributed by atoms with Crippen LogP contribution in [0.5, 0.6) is 0 Å². The number of rotatable bonds is 10. The third-order valence-corrected chi connectivity index (χ3v) is 9.35. The number of halogens is 3. The average molecular weight is 574 g/mol. The summed E-state index contributed by atoms with van der Waals surface area (Å²) in [5.74, 6) is 0.765. The maximum Gasteiger partial charge on any atom is 0.416 e. The van der Waals surface area contributed by atoms with Crippen LogP contribution in [0, 0.1) is 11.8 Å². The number of nitrogens with one attached hydrogen (secondary N) is 1. The molecule has 0 aliphatic heterocycles. The number of hydrogen-bond acceptors (Lipinski definition) is 7. The fourth-order valence-electron chi connectivity index (χ4n) is 5.93. The van der Waals surface area contributed by atoms with Gasteiger partial charge in [-0.2, -0.15) is 18.2 Å². The lowest BCUT2D eigenvalue weighted by atomic mass is 9.69. The van der Waals surface area contributed by atoms with Crippen LogP contribution in [-0.4, -0.2) is 28.8 Å². The first kappa shape index (κ1) is 28.5. The Morgan fingerprint density at radius 3 is 2.70 bits per heavy atom. The fourth-order valence-corrected chi connectivity index (χ4v) is 6.90. The maximum atomic E-state index is 13.7. The molecule has 214 valence electrons. The summed E-state index contributed by atoms with van der Waals surface area (Å²) in [4.78, 5) is 19.0. The zero-order chi connectivity index (χ0) is 28.2. The number of nitrogens with zero attached hydrogens (tertiary/aromatic N) is 2. The summed E-state index contributed by atoms with van der Waals surface area (Å²) in [7, 11) is 0. The van der Waals surface area contributed by atoms with E-state index in [4.69, 9.17) is 9.26 Å². The largest absolute Gasteiger partial charge is 0.461 e. The van der Waals surface area contributed by atoms with E-state index >= 15 is 0 Å². The lowest BCUT2D eigenvalue weighted by Crippen LogP contribution is -2.48. The monoisotopic (exact) mass is 573 g/mol. The van der Waals surface area contributed by atoms with Crippen LogP contribution in [0.4, 0.5) is 13.2 Å². The highest BCUT2D eigenvalue weighted by atomic mass is 32.1. The summed E-state index contributed by atoms with van der Waals surface area (Å²) >= 11 is 1.64. The molecule has 1 aromatic carbocycles. The van der Waals surface area contributed by atoms with Crippen LogP contribution in [0.2, 0.25) is 0 Å². The standard InChI is InChI=1S/C30H34F3N3O3S/c1-2-20-18-24(38-28(37)29(25-11-8-16-40-25)13-5-3-4-6-14-29)23(20)12-15-34-19-26-35-27(39-36-26)21-9-7-10-22(17-21)30(31,32)33/h2,7-11,16-17,20,23-24,34H,1,3-6,12-15,18-19H2/t20?,23?,24-/m0/s1. The van der Waals surface area contributed by atoms with Gasteiger partial charge in [0.15, 0.2) is 5.82 Å². The number of benzene rings is 1. The second-order valence-electron chi connectivity index (χ2n) is 10.8. The minimum absolute atomic E-state index is 0.0405. The molecule has 2 heterocycles. The first-order valence-electron chi connectivity index (χ1n) is 13.9. The van der Waals surface area contributed by atoms with Gasteiger partial charge in [-0.05, 0) is 67.8 Å². The van der Waals surface area contributed by atoms with Crippen LogP contribution >= 0.6 is 11.3 Å². The molecule has 2 aromatic heterocycles. The highest BCUT2D eigenvalue weighted by molar-refractivity contribution is 7.10. The Bertz CT molecular complexity index is 1280. The van der Waals surface area contributed by atoms with Gasteiger partial charge in [0.2, 0.25) is 0 Å². The van der Waals surface area contributed by atoms with Crippen molar-refractivity contribution in [2.75, 3.05) is 6.54 Å². The lowest BCUT2D eigenvalue weighted by Gasteiger charge is -2.44. The fraction of sp³-hybridized carbons (Fsp3) is 0.500. The molecule has 0 spiro atoms. The van der Waals surface area contributed by atoms with E-state index in [2.05, 4.69) is 28.1 Å². The predicted octanol–water partition coefficient (Wildman–Crippen LogP) is 7.32. The van der Waals surface area contributed by atoms with E-state index in [9.17, 15) is 18.0 Å². The zero-order valence-electron chi connectivity index (χ0n) is 22.3. The second-order valence-corrected chi connectivity index (χ2v) is 11.7. The molecule has 5 rings (SSSR count). The molecule has 0 amide bonds. The van der Waals surface area contributed by atoms with Gasteiger partial charge in [0.1, 0.15) is 11.5 Å². The Balaban J connectivity index is 1.15. The van der Waals surface area contributed by atoms with E-state index in [1.165, 1.54) is 12.1 Å². The van der Waals surface area contributed by atoms with Crippen molar-refractivity contribution in [1.82, 2.24) is 15.5 Å². The predicted molar refractivity (Wildman–Crippen MR) is 146 cm³/mol. The number of carbonyl (C=O) groups is 1. The normalized spacial score (nSPS) is 22.7. The molecule has 40 heavy (non-hydrogen) atoms. The summed E-state index contributed by atoms with van der Waals surface area (Å²) < 4.78 is 50.5. The summed E-state index contributed by atoms with van der Waals surface area (Å²) in [5.41, 5.74) is -1.09. The molecule has 2 unspecified atom stereocenters. The van der Waals surface area contributed by atoms with Gasteiger partial charge in [-0.25, -0.2) is 0 Å². The van der Waals surface area contributed by atoms with Gasteiger partial charge in [-0.1, -0.05) is 49.0 Å². The van der Waals surface area contributed by atoms with Crippen molar-refractivity contribution in [2.45, 2.75) is 75.6 Å². The van der Waals surface area contributed by atoms with Crippen LogP contribution < -0.4 is 5.32 Å². The van der Waals surface area contributed by atoms with Gasteiger partial charge < -0.3 is 14.6 Å². The van der Waals surface area contributed by atoms with Crippen molar-refractivity contribution in [3.05, 3.63) is 70.7 Å². The molecule has 6 nitrogen and oxygen atoms in total. The van der Waals surface area contributed by atoms with Gasteiger partial charge >= 0.3 is 12.1 Å². The molecule has 2 aliphatic rings. The first-order chi connectivity index (χ1) is 19.3. The first-order valence-corrected chi connectivity index (χ1v) is 14.8. The van der Waals surface area contributed by atoms with Gasteiger partial charge in [0.05, 0.1) is 12.1 Å². The van der Waals surface area contributed by atoms with Crippen molar-refractivity contribution in [1.29, 1.82) is 0 Å². The second kappa shape index (κ2) is 12.3. The molecule has 2 fully saturated rings. The summed E-state index contributed by atoms with van der Waals surface area (Å²) in [6.07, 6.45) is 4.95.